The van der Waals surface area contributed by atoms with Gasteiger partial charge in [0.15, 0.2) is 0 Å². The molecule has 2 rings (SSSR count). The summed E-state index contributed by atoms with van der Waals surface area (Å²) < 4.78 is 27.0. The van der Waals surface area contributed by atoms with Crippen LogP contribution in [0.1, 0.15) is 18.5 Å². The molecule has 0 spiro atoms. The molecule has 7 heteroatoms. The molecule has 1 aromatic rings. The van der Waals surface area contributed by atoms with Gasteiger partial charge < -0.3 is 10.2 Å². The number of amides is 2. The van der Waals surface area contributed by atoms with Crippen LogP contribution in [-0.4, -0.2) is 54.8 Å². The molecule has 0 aliphatic carbocycles. The largest absolute Gasteiger partial charge is 0.353 e. The maximum Gasteiger partial charge on any atom is 0.239 e. The van der Waals surface area contributed by atoms with Crippen molar-refractivity contribution < 1.29 is 18.4 Å². The van der Waals surface area contributed by atoms with Crippen molar-refractivity contribution in [1.82, 2.24) is 15.1 Å². The fraction of sp³-hybridized carbons (Fsp3) is 0.467. The summed E-state index contributed by atoms with van der Waals surface area (Å²) in [5.74, 6) is -1.42. The second kappa shape index (κ2) is 6.83. The molecular formula is C15H19F2N3O2. The SMILES string of the molecule is C[C@H](c1cc(F)ccc1F)N(C)CC(=O)N1CCNC(=O)C1. The summed E-state index contributed by atoms with van der Waals surface area (Å²) >= 11 is 0. The van der Waals surface area contributed by atoms with E-state index in [1.54, 1.807) is 18.9 Å². The van der Waals surface area contributed by atoms with Gasteiger partial charge in [0.05, 0.1) is 13.1 Å². The van der Waals surface area contributed by atoms with E-state index in [0.717, 1.165) is 18.2 Å². The molecule has 120 valence electrons. The molecule has 0 bridgehead atoms. The molecule has 0 radical (unpaired) electrons. The van der Waals surface area contributed by atoms with E-state index in [9.17, 15) is 18.4 Å². The highest BCUT2D eigenvalue weighted by Crippen LogP contribution is 2.22. The highest BCUT2D eigenvalue weighted by molar-refractivity contribution is 5.86. The Morgan fingerprint density at radius 1 is 1.45 bits per heavy atom. The molecule has 1 aromatic carbocycles. The lowest BCUT2D eigenvalue weighted by molar-refractivity contribution is -0.139. The molecule has 2 amide bonds. The second-order valence-corrected chi connectivity index (χ2v) is 5.42. The number of carbonyl (C=O) groups excluding carboxylic acids is 2. The van der Waals surface area contributed by atoms with E-state index < -0.39 is 17.7 Å². The highest BCUT2D eigenvalue weighted by atomic mass is 19.1. The summed E-state index contributed by atoms with van der Waals surface area (Å²) in [6, 6.07) is 2.81. The van der Waals surface area contributed by atoms with E-state index in [1.807, 2.05) is 0 Å². The molecule has 1 aliphatic rings. The third kappa shape index (κ3) is 3.79. The molecule has 1 atom stereocenters. The van der Waals surface area contributed by atoms with Crippen molar-refractivity contribution in [3.8, 4) is 0 Å². The lowest BCUT2D eigenvalue weighted by atomic mass is 10.1. The number of carbonyl (C=O) groups is 2. The lowest BCUT2D eigenvalue weighted by Gasteiger charge is -2.30. The fourth-order valence-corrected chi connectivity index (χ4v) is 2.37. The minimum Gasteiger partial charge on any atom is -0.353 e. The first-order valence-electron chi connectivity index (χ1n) is 7.08. The van der Waals surface area contributed by atoms with Crippen LogP contribution in [0.5, 0.6) is 0 Å². The zero-order chi connectivity index (χ0) is 16.3. The van der Waals surface area contributed by atoms with E-state index in [0.29, 0.717) is 13.1 Å². The van der Waals surface area contributed by atoms with Gasteiger partial charge in [-0.3, -0.25) is 14.5 Å². The van der Waals surface area contributed by atoms with E-state index >= 15 is 0 Å². The van der Waals surface area contributed by atoms with Crippen LogP contribution >= 0.6 is 0 Å². The Balaban J connectivity index is 2.01. The Labute approximate surface area is 127 Å². The highest BCUT2D eigenvalue weighted by Gasteiger charge is 2.24. The second-order valence-electron chi connectivity index (χ2n) is 5.42. The number of likely N-dealkylation sites (N-methyl/N-ethyl adjacent to an activating group) is 1. The Kier molecular flexibility index (Phi) is 5.07. The van der Waals surface area contributed by atoms with E-state index in [1.165, 1.54) is 4.90 Å². The number of hydrogen-bond donors (Lipinski definition) is 1. The molecule has 1 fully saturated rings. The first kappa shape index (κ1) is 16.4. The number of rotatable bonds is 4. The van der Waals surface area contributed by atoms with Crippen molar-refractivity contribution in [2.45, 2.75) is 13.0 Å². The predicted octanol–water partition coefficient (Wildman–Crippen LogP) is 0.916. The van der Waals surface area contributed by atoms with Crippen LogP contribution in [0.4, 0.5) is 8.78 Å². The third-order valence-corrected chi connectivity index (χ3v) is 3.85. The molecule has 0 unspecified atom stereocenters. The molecule has 22 heavy (non-hydrogen) atoms. The van der Waals surface area contributed by atoms with Gasteiger partial charge in [-0.05, 0) is 32.2 Å². The molecule has 1 saturated heterocycles. The zero-order valence-corrected chi connectivity index (χ0v) is 12.6. The molecule has 1 aliphatic heterocycles. The van der Waals surface area contributed by atoms with Crippen LogP contribution in [0.25, 0.3) is 0 Å². The quantitative estimate of drug-likeness (QED) is 0.899. The summed E-state index contributed by atoms with van der Waals surface area (Å²) in [5.41, 5.74) is 0.201. The third-order valence-electron chi connectivity index (χ3n) is 3.85. The Morgan fingerprint density at radius 2 is 2.18 bits per heavy atom. The Hall–Kier alpha value is -2.02. The minimum absolute atomic E-state index is 0.0321. The Bertz CT molecular complexity index is 580. The number of nitrogens with zero attached hydrogens (tertiary/aromatic N) is 2. The first-order valence-corrected chi connectivity index (χ1v) is 7.08. The molecule has 1 heterocycles. The average molecular weight is 311 g/mol. The summed E-state index contributed by atoms with van der Waals surface area (Å²) in [5, 5.41) is 2.64. The summed E-state index contributed by atoms with van der Waals surface area (Å²) in [4.78, 5) is 26.6. The fourth-order valence-electron chi connectivity index (χ4n) is 2.37. The van der Waals surface area contributed by atoms with Crippen molar-refractivity contribution in [3.63, 3.8) is 0 Å². The lowest BCUT2D eigenvalue weighted by Crippen LogP contribution is -2.52. The zero-order valence-electron chi connectivity index (χ0n) is 12.6. The van der Waals surface area contributed by atoms with Crippen molar-refractivity contribution >= 4 is 11.8 Å². The topological polar surface area (TPSA) is 52.7 Å². The van der Waals surface area contributed by atoms with Gasteiger partial charge in [0, 0.05) is 24.7 Å². The van der Waals surface area contributed by atoms with Gasteiger partial charge in [0.2, 0.25) is 11.8 Å². The number of piperazine rings is 1. The van der Waals surface area contributed by atoms with Gasteiger partial charge in [-0.15, -0.1) is 0 Å². The normalized spacial score (nSPS) is 16.6. The smallest absolute Gasteiger partial charge is 0.239 e. The summed E-state index contributed by atoms with van der Waals surface area (Å²) in [6.45, 7) is 2.66. The summed E-state index contributed by atoms with van der Waals surface area (Å²) in [6.07, 6.45) is 0. The van der Waals surface area contributed by atoms with Gasteiger partial charge >= 0.3 is 0 Å². The van der Waals surface area contributed by atoms with Crippen molar-refractivity contribution in [3.05, 3.63) is 35.4 Å². The van der Waals surface area contributed by atoms with Crippen LogP contribution in [-0.2, 0) is 9.59 Å². The Morgan fingerprint density at radius 3 is 2.86 bits per heavy atom. The maximum absolute atomic E-state index is 13.8. The standard InChI is InChI=1S/C15H19F2N3O2/c1-10(12-7-11(16)3-4-13(12)17)19(2)9-15(22)20-6-5-18-14(21)8-20/h3-4,7,10H,5-6,8-9H2,1-2H3,(H,18,21)/t10-/m1/s1. The van der Waals surface area contributed by atoms with Crippen molar-refractivity contribution in [2.24, 2.45) is 0 Å². The minimum atomic E-state index is -0.518. The van der Waals surface area contributed by atoms with Gasteiger partial charge in [-0.1, -0.05) is 0 Å². The van der Waals surface area contributed by atoms with Crippen LogP contribution in [0.2, 0.25) is 0 Å². The molecular weight excluding hydrogens is 292 g/mol. The van der Waals surface area contributed by atoms with E-state index in [4.69, 9.17) is 0 Å². The van der Waals surface area contributed by atoms with Crippen LogP contribution in [0.15, 0.2) is 18.2 Å². The van der Waals surface area contributed by atoms with Gasteiger partial charge in [0.25, 0.3) is 0 Å². The molecule has 1 N–H and O–H groups in total. The van der Waals surface area contributed by atoms with Crippen LogP contribution < -0.4 is 5.32 Å². The molecule has 0 saturated carbocycles. The van der Waals surface area contributed by atoms with E-state index in [2.05, 4.69) is 5.32 Å². The molecule has 0 aromatic heterocycles. The van der Waals surface area contributed by atoms with Gasteiger partial charge in [0.1, 0.15) is 11.6 Å². The summed E-state index contributed by atoms with van der Waals surface area (Å²) in [7, 11) is 1.66. The predicted molar refractivity (Wildman–Crippen MR) is 77.0 cm³/mol. The molecule has 5 nitrogen and oxygen atoms in total. The van der Waals surface area contributed by atoms with Crippen molar-refractivity contribution in [2.75, 3.05) is 33.2 Å². The average Bonchev–Trinajstić information content (AvgIpc) is 2.48. The van der Waals surface area contributed by atoms with Crippen LogP contribution in [0.3, 0.4) is 0 Å². The van der Waals surface area contributed by atoms with Gasteiger partial charge in [-0.25, -0.2) is 8.78 Å². The van der Waals surface area contributed by atoms with Gasteiger partial charge in [-0.2, -0.15) is 0 Å². The number of nitrogens with one attached hydrogen (secondary N) is 1. The van der Waals surface area contributed by atoms with Crippen LogP contribution in [0, 0.1) is 11.6 Å². The monoisotopic (exact) mass is 311 g/mol. The number of benzene rings is 1. The maximum atomic E-state index is 13.8. The van der Waals surface area contributed by atoms with Crippen molar-refractivity contribution in [1.29, 1.82) is 0 Å². The number of halogens is 2. The van der Waals surface area contributed by atoms with E-state index in [-0.39, 0.29) is 30.5 Å². The first-order chi connectivity index (χ1) is 10.4. The number of hydrogen-bond acceptors (Lipinski definition) is 3.